The number of fused-ring (bicyclic) bond motifs is 1. The number of nitrogens with zero attached hydrogens (tertiary/aromatic N) is 2. The van der Waals surface area contributed by atoms with Crippen LogP contribution in [0.1, 0.15) is 24.2 Å². The third-order valence-corrected chi connectivity index (χ3v) is 4.68. The number of imidazole rings is 1. The van der Waals surface area contributed by atoms with Crippen molar-refractivity contribution in [1.29, 1.82) is 0 Å². The number of aromatic nitrogens is 2. The quantitative estimate of drug-likeness (QED) is 0.641. The van der Waals surface area contributed by atoms with Gasteiger partial charge in [-0.2, -0.15) is 13.2 Å². The molecule has 0 N–H and O–H groups in total. The number of para-hydroxylation sites is 1. The van der Waals surface area contributed by atoms with Crippen LogP contribution in [0, 0.1) is 0 Å². The lowest BCUT2D eigenvalue weighted by Gasteiger charge is -2.15. The molecular weight excluding hydrogens is 357 g/mol. The van der Waals surface area contributed by atoms with Gasteiger partial charge in [-0.05, 0) is 43.2 Å². The first-order valence-corrected chi connectivity index (χ1v) is 8.86. The van der Waals surface area contributed by atoms with Crippen molar-refractivity contribution in [3.63, 3.8) is 0 Å². The van der Waals surface area contributed by atoms with Crippen molar-refractivity contribution in [3.8, 4) is 5.75 Å². The minimum atomic E-state index is -4.40. The molecule has 1 aliphatic heterocycles. The Morgan fingerprint density at radius 1 is 1.15 bits per heavy atom. The summed E-state index contributed by atoms with van der Waals surface area (Å²) in [7, 11) is 0. The monoisotopic (exact) mass is 376 g/mol. The van der Waals surface area contributed by atoms with E-state index in [1.807, 2.05) is 34.9 Å². The van der Waals surface area contributed by atoms with Gasteiger partial charge in [-0.1, -0.05) is 18.2 Å². The van der Waals surface area contributed by atoms with E-state index < -0.39 is 11.7 Å². The topological polar surface area (TPSA) is 36.3 Å². The molecule has 0 spiro atoms. The zero-order valence-electron chi connectivity index (χ0n) is 14.6. The van der Waals surface area contributed by atoms with Gasteiger partial charge < -0.3 is 14.0 Å². The summed E-state index contributed by atoms with van der Waals surface area (Å²) >= 11 is 0. The molecule has 1 aromatic heterocycles. The van der Waals surface area contributed by atoms with Crippen molar-refractivity contribution < 1.29 is 22.6 Å². The molecule has 0 aliphatic carbocycles. The molecule has 1 saturated heterocycles. The number of rotatable bonds is 5. The highest BCUT2D eigenvalue weighted by Gasteiger charge is 2.31. The summed E-state index contributed by atoms with van der Waals surface area (Å²) in [6.45, 7) is 1.44. The van der Waals surface area contributed by atoms with Crippen molar-refractivity contribution in [2.75, 3.05) is 6.61 Å². The van der Waals surface area contributed by atoms with Crippen molar-refractivity contribution in [1.82, 2.24) is 9.55 Å². The van der Waals surface area contributed by atoms with Crippen molar-refractivity contribution in [3.05, 3.63) is 59.9 Å². The van der Waals surface area contributed by atoms with Crippen LogP contribution < -0.4 is 4.74 Å². The SMILES string of the molecule is FC(F)(F)c1ccc2c(c1)nc(COc1ccccc1)n2CC1CCCO1. The molecule has 1 atom stereocenters. The molecule has 3 aromatic rings. The molecule has 2 heterocycles. The van der Waals surface area contributed by atoms with Gasteiger partial charge in [0.25, 0.3) is 0 Å². The van der Waals surface area contributed by atoms with Crippen LogP contribution in [0.5, 0.6) is 5.75 Å². The summed E-state index contributed by atoms with van der Waals surface area (Å²) in [6, 6.07) is 12.9. The highest BCUT2D eigenvalue weighted by molar-refractivity contribution is 5.77. The van der Waals surface area contributed by atoms with Gasteiger partial charge in [-0.3, -0.25) is 0 Å². The normalized spacial score (nSPS) is 17.5. The fourth-order valence-corrected chi connectivity index (χ4v) is 3.33. The lowest BCUT2D eigenvalue weighted by molar-refractivity contribution is -0.137. The average Bonchev–Trinajstić information content (AvgIpc) is 3.28. The van der Waals surface area contributed by atoms with Gasteiger partial charge in [0.15, 0.2) is 0 Å². The molecule has 4 rings (SSSR count). The second-order valence-electron chi connectivity index (χ2n) is 6.58. The first kappa shape index (κ1) is 17.9. The first-order chi connectivity index (χ1) is 13.0. The molecule has 7 heteroatoms. The predicted octanol–water partition coefficient (Wildman–Crippen LogP) is 4.81. The van der Waals surface area contributed by atoms with Gasteiger partial charge in [-0.15, -0.1) is 0 Å². The maximum Gasteiger partial charge on any atom is 0.416 e. The van der Waals surface area contributed by atoms with Crippen LogP contribution in [0.3, 0.4) is 0 Å². The van der Waals surface area contributed by atoms with Crippen LogP contribution in [0.4, 0.5) is 13.2 Å². The van der Waals surface area contributed by atoms with E-state index in [1.54, 1.807) is 0 Å². The van der Waals surface area contributed by atoms with Crippen LogP contribution in [0.25, 0.3) is 11.0 Å². The van der Waals surface area contributed by atoms with E-state index in [0.29, 0.717) is 35.8 Å². The van der Waals surface area contributed by atoms with E-state index in [-0.39, 0.29) is 12.7 Å². The highest BCUT2D eigenvalue weighted by atomic mass is 19.4. The summed E-state index contributed by atoms with van der Waals surface area (Å²) in [5.74, 6) is 1.27. The Kier molecular flexibility index (Phi) is 4.78. The Hall–Kier alpha value is -2.54. The standard InChI is InChI=1S/C20H19F3N2O2/c21-20(22,23)14-8-9-18-17(11-14)24-19(13-27-15-5-2-1-3-6-15)25(18)12-16-7-4-10-26-16/h1-3,5-6,8-9,11,16H,4,7,10,12-13H2. The van der Waals surface area contributed by atoms with Crippen molar-refractivity contribution in [2.24, 2.45) is 0 Å². The minimum absolute atomic E-state index is 0.0418. The van der Waals surface area contributed by atoms with E-state index >= 15 is 0 Å². The van der Waals surface area contributed by atoms with Crippen LogP contribution >= 0.6 is 0 Å². The minimum Gasteiger partial charge on any atom is -0.486 e. The third kappa shape index (κ3) is 3.93. The van der Waals surface area contributed by atoms with Gasteiger partial charge in [0.1, 0.15) is 18.2 Å². The van der Waals surface area contributed by atoms with Gasteiger partial charge in [-0.25, -0.2) is 4.98 Å². The summed E-state index contributed by atoms with van der Waals surface area (Å²) < 4.78 is 52.5. The second-order valence-corrected chi connectivity index (χ2v) is 6.58. The molecule has 0 bridgehead atoms. The van der Waals surface area contributed by atoms with E-state index in [0.717, 1.165) is 25.0 Å². The van der Waals surface area contributed by atoms with Crippen LogP contribution in [0.2, 0.25) is 0 Å². The van der Waals surface area contributed by atoms with Crippen LogP contribution in [0.15, 0.2) is 48.5 Å². The number of hydrogen-bond acceptors (Lipinski definition) is 3. The molecule has 0 saturated carbocycles. The molecule has 4 nitrogen and oxygen atoms in total. The molecule has 1 aliphatic rings. The molecule has 0 amide bonds. The summed E-state index contributed by atoms with van der Waals surface area (Å²) in [5, 5.41) is 0. The Balaban J connectivity index is 1.67. The second kappa shape index (κ2) is 7.23. The van der Waals surface area contributed by atoms with E-state index in [4.69, 9.17) is 9.47 Å². The van der Waals surface area contributed by atoms with E-state index in [2.05, 4.69) is 4.98 Å². The maximum atomic E-state index is 13.0. The Morgan fingerprint density at radius 3 is 2.67 bits per heavy atom. The van der Waals surface area contributed by atoms with Crippen molar-refractivity contribution >= 4 is 11.0 Å². The summed E-state index contributed by atoms with van der Waals surface area (Å²) in [5.41, 5.74) is 0.270. The number of ether oxygens (including phenoxy) is 2. The molecule has 27 heavy (non-hydrogen) atoms. The molecule has 1 fully saturated rings. The Morgan fingerprint density at radius 2 is 1.96 bits per heavy atom. The molecule has 1 unspecified atom stereocenters. The molecule has 0 radical (unpaired) electrons. The van der Waals surface area contributed by atoms with Gasteiger partial charge in [0.2, 0.25) is 0 Å². The average molecular weight is 376 g/mol. The fraction of sp³-hybridized carbons (Fsp3) is 0.350. The smallest absolute Gasteiger partial charge is 0.416 e. The first-order valence-electron chi connectivity index (χ1n) is 8.86. The van der Waals surface area contributed by atoms with Crippen LogP contribution in [-0.4, -0.2) is 22.3 Å². The van der Waals surface area contributed by atoms with E-state index in [9.17, 15) is 13.2 Å². The van der Waals surface area contributed by atoms with E-state index in [1.165, 1.54) is 6.07 Å². The largest absolute Gasteiger partial charge is 0.486 e. The third-order valence-electron chi connectivity index (χ3n) is 4.68. The van der Waals surface area contributed by atoms with Crippen LogP contribution in [-0.2, 0) is 24.1 Å². The zero-order valence-corrected chi connectivity index (χ0v) is 14.6. The zero-order chi connectivity index (χ0) is 18.9. The number of hydrogen-bond donors (Lipinski definition) is 0. The number of benzene rings is 2. The van der Waals surface area contributed by atoms with Gasteiger partial charge in [0.05, 0.1) is 29.2 Å². The predicted molar refractivity (Wildman–Crippen MR) is 94.5 cm³/mol. The lowest BCUT2D eigenvalue weighted by atomic mass is 10.2. The number of halogens is 3. The Bertz CT molecular complexity index is 916. The lowest BCUT2D eigenvalue weighted by Crippen LogP contribution is -2.18. The van der Waals surface area contributed by atoms with Gasteiger partial charge >= 0.3 is 6.18 Å². The molecular formula is C20H19F3N2O2. The number of alkyl halides is 3. The summed E-state index contributed by atoms with van der Waals surface area (Å²) in [6.07, 6.45) is -2.43. The highest BCUT2D eigenvalue weighted by Crippen LogP contribution is 2.32. The summed E-state index contributed by atoms with van der Waals surface area (Å²) in [4.78, 5) is 4.43. The van der Waals surface area contributed by atoms with Gasteiger partial charge in [0, 0.05) is 6.61 Å². The molecule has 142 valence electrons. The fourth-order valence-electron chi connectivity index (χ4n) is 3.33. The van der Waals surface area contributed by atoms with Crippen molar-refractivity contribution in [2.45, 2.75) is 38.3 Å². The maximum absolute atomic E-state index is 13.0. The Labute approximate surface area is 154 Å². The molecule has 2 aromatic carbocycles.